The monoisotopic (exact) mass is 398 g/mol. The van der Waals surface area contributed by atoms with E-state index < -0.39 is 0 Å². The van der Waals surface area contributed by atoms with Gasteiger partial charge >= 0.3 is 0 Å². The van der Waals surface area contributed by atoms with Crippen LogP contribution in [0.4, 0.5) is 0 Å². The minimum Gasteiger partial charge on any atom is -0.496 e. The Morgan fingerprint density at radius 2 is 1.53 bits per heavy atom. The first kappa shape index (κ1) is 19.3. The van der Waals surface area contributed by atoms with E-state index in [0.717, 1.165) is 12.3 Å². The van der Waals surface area contributed by atoms with Crippen molar-refractivity contribution in [3.8, 4) is 5.75 Å². The van der Waals surface area contributed by atoms with Crippen molar-refractivity contribution in [1.82, 2.24) is 10.2 Å². The predicted molar refractivity (Wildman–Crippen MR) is 122 cm³/mol. The Labute approximate surface area is 179 Å². The van der Waals surface area contributed by atoms with Crippen LogP contribution >= 0.6 is 0 Å². The van der Waals surface area contributed by atoms with E-state index in [9.17, 15) is 0 Å². The van der Waals surface area contributed by atoms with E-state index in [0.29, 0.717) is 23.9 Å². The molecular formula is C27H30N2O. The van der Waals surface area contributed by atoms with Gasteiger partial charge in [0.2, 0.25) is 0 Å². The summed E-state index contributed by atoms with van der Waals surface area (Å²) in [6.45, 7) is 3.24. The van der Waals surface area contributed by atoms with Crippen LogP contribution in [0.25, 0.3) is 0 Å². The lowest BCUT2D eigenvalue weighted by molar-refractivity contribution is 0.197. The van der Waals surface area contributed by atoms with Crippen molar-refractivity contribution in [3.05, 3.63) is 102 Å². The number of hydrogen-bond donors (Lipinski definition) is 1. The quantitative estimate of drug-likeness (QED) is 0.625. The Kier molecular flexibility index (Phi) is 5.56. The van der Waals surface area contributed by atoms with E-state index in [4.69, 9.17) is 4.74 Å². The molecule has 5 rings (SSSR count). The van der Waals surface area contributed by atoms with Crippen molar-refractivity contribution in [3.63, 3.8) is 0 Å². The van der Waals surface area contributed by atoms with Gasteiger partial charge in [0.15, 0.2) is 0 Å². The molecule has 0 aromatic heterocycles. The fraction of sp³-hybridized carbons (Fsp3) is 0.333. The van der Waals surface area contributed by atoms with Gasteiger partial charge in [-0.05, 0) is 36.1 Å². The fourth-order valence-electron chi connectivity index (χ4n) is 5.58. The average Bonchev–Trinajstić information content (AvgIpc) is 3.42. The average molecular weight is 399 g/mol. The summed E-state index contributed by atoms with van der Waals surface area (Å²) in [6, 6.07) is 31.4. The molecule has 3 aromatic carbocycles. The molecular weight excluding hydrogens is 368 g/mol. The van der Waals surface area contributed by atoms with E-state index in [-0.39, 0.29) is 0 Å². The van der Waals surface area contributed by atoms with Gasteiger partial charge in [-0.25, -0.2) is 0 Å². The molecule has 0 amide bonds. The number of benzene rings is 3. The fourth-order valence-corrected chi connectivity index (χ4v) is 5.58. The molecule has 2 aliphatic rings. The number of nitrogens with one attached hydrogen (secondary N) is 1. The Hall–Kier alpha value is -2.62. The third-order valence-corrected chi connectivity index (χ3v) is 6.93. The van der Waals surface area contributed by atoms with Crippen LogP contribution in [0.2, 0.25) is 0 Å². The maximum absolute atomic E-state index is 5.58. The second kappa shape index (κ2) is 8.63. The zero-order valence-corrected chi connectivity index (χ0v) is 17.6. The number of fused-ring (bicyclic) bond motifs is 2. The SMILES string of the molecule is COc1ccccc1CN[C@H]1C2CCN(C2)[C@@H]1C(c1ccccc1)c1ccccc1. The summed E-state index contributed by atoms with van der Waals surface area (Å²) in [5.74, 6) is 2.04. The highest BCUT2D eigenvalue weighted by Crippen LogP contribution is 2.43. The molecule has 30 heavy (non-hydrogen) atoms. The van der Waals surface area contributed by atoms with Crippen molar-refractivity contribution in [2.45, 2.75) is 31.0 Å². The molecule has 3 aromatic rings. The topological polar surface area (TPSA) is 24.5 Å². The number of hydrogen-bond acceptors (Lipinski definition) is 3. The van der Waals surface area contributed by atoms with Gasteiger partial charge in [-0.2, -0.15) is 0 Å². The van der Waals surface area contributed by atoms with E-state index in [2.05, 4.69) is 89.1 Å². The molecule has 2 heterocycles. The second-order valence-corrected chi connectivity index (χ2v) is 8.55. The van der Waals surface area contributed by atoms with Gasteiger partial charge in [-0.3, -0.25) is 4.90 Å². The van der Waals surface area contributed by atoms with Crippen molar-refractivity contribution in [1.29, 1.82) is 0 Å². The highest BCUT2D eigenvalue weighted by Gasteiger charge is 2.49. The van der Waals surface area contributed by atoms with Gasteiger partial charge in [0.1, 0.15) is 5.75 Å². The lowest BCUT2D eigenvalue weighted by atomic mass is 9.78. The molecule has 0 spiro atoms. The summed E-state index contributed by atoms with van der Waals surface area (Å²) >= 11 is 0. The van der Waals surface area contributed by atoms with Crippen molar-refractivity contribution < 1.29 is 4.74 Å². The van der Waals surface area contributed by atoms with Gasteiger partial charge in [-0.1, -0.05) is 78.9 Å². The first-order chi connectivity index (χ1) is 14.8. The molecule has 2 aliphatic heterocycles. The number of nitrogens with zero attached hydrogens (tertiary/aromatic N) is 1. The molecule has 2 saturated heterocycles. The first-order valence-corrected chi connectivity index (χ1v) is 11.0. The molecule has 4 atom stereocenters. The zero-order chi connectivity index (χ0) is 20.3. The third-order valence-electron chi connectivity index (χ3n) is 6.93. The minimum absolute atomic E-state index is 0.368. The number of piperidine rings is 1. The summed E-state index contributed by atoms with van der Waals surface area (Å²) in [6.07, 6.45) is 1.29. The lowest BCUT2D eigenvalue weighted by Gasteiger charge is -2.39. The third kappa shape index (κ3) is 3.64. The van der Waals surface area contributed by atoms with Crippen molar-refractivity contribution in [2.75, 3.05) is 20.2 Å². The van der Waals surface area contributed by atoms with Crippen LogP contribution in [0, 0.1) is 5.92 Å². The molecule has 2 fully saturated rings. The molecule has 2 unspecified atom stereocenters. The summed E-state index contributed by atoms with van der Waals surface area (Å²) in [5.41, 5.74) is 4.04. The molecule has 2 bridgehead atoms. The summed E-state index contributed by atoms with van der Waals surface area (Å²) < 4.78 is 5.58. The Balaban J connectivity index is 1.47. The Bertz CT molecular complexity index is 919. The van der Waals surface area contributed by atoms with Gasteiger partial charge in [0.05, 0.1) is 7.11 Å². The van der Waals surface area contributed by atoms with Crippen molar-refractivity contribution >= 4 is 0 Å². The van der Waals surface area contributed by atoms with Crippen molar-refractivity contribution in [2.24, 2.45) is 5.92 Å². The number of para-hydroxylation sites is 1. The highest BCUT2D eigenvalue weighted by atomic mass is 16.5. The molecule has 3 nitrogen and oxygen atoms in total. The minimum atomic E-state index is 0.368. The van der Waals surface area contributed by atoms with E-state index in [1.54, 1.807) is 7.11 Å². The molecule has 0 saturated carbocycles. The standard InChI is InChI=1S/C27H30N2O/c1-30-24-15-9-8-14-22(24)18-28-26-23-16-17-29(19-23)27(26)25(20-10-4-2-5-11-20)21-12-6-3-7-13-21/h2-15,23,25-28H,16-19H2,1H3/t23?,26-,27+/m0/s1. The highest BCUT2D eigenvalue weighted by molar-refractivity contribution is 5.37. The molecule has 3 heteroatoms. The second-order valence-electron chi connectivity index (χ2n) is 8.55. The molecule has 154 valence electrons. The van der Waals surface area contributed by atoms with Crippen LogP contribution < -0.4 is 10.1 Å². The maximum Gasteiger partial charge on any atom is 0.123 e. The number of methoxy groups -OCH3 is 1. The maximum atomic E-state index is 5.58. The first-order valence-electron chi connectivity index (χ1n) is 11.0. The summed E-state index contributed by atoms with van der Waals surface area (Å²) in [5, 5.41) is 3.95. The van der Waals surface area contributed by atoms with Crippen LogP contribution in [0.1, 0.15) is 29.0 Å². The van der Waals surface area contributed by atoms with Crippen LogP contribution in [0.5, 0.6) is 5.75 Å². The van der Waals surface area contributed by atoms with Gasteiger partial charge in [-0.15, -0.1) is 0 Å². The smallest absolute Gasteiger partial charge is 0.123 e. The zero-order valence-electron chi connectivity index (χ0n) is 17.6. The van der Waals surface area contributed by atoms with E-state index >= 15 is 0 Å². The number of rotatable bonds is 7. The number of ether oxygens (including phenoxy) is 1. The van der Waals surface area contributed by atoms with E-state index in [1.165, 1.54) is 36.2 Å². The van der Waals surface area contributed by atoms with Crippen LogP contribution in [0.3, 0.4) is 0 Å². The Morgan fingerprint density at radius 3 is 2.20 bits per heavy atom. The molecule has 0 radical (unpaired) electrons. The van der Waals surface area contributed by atoms with Crippen LogP contribution in [0.15, 0.2) is 84.9 Å². The summed E-state index contributed by atoms with van der Waals surface area (Å²) in [4.78, 5) is 2.72. The Morgan fingerprint density at radius 1 is 0.900 bits per heavy atom. The van der Waals surface area contributed by atoms with E-state index in [1.807, 2.05) is 6.07 Å². The van der Waals surface area contributed by atoms with Gasteiger partial charge in [0, 0.05) is 36.7 Å². The normalized spacial score (nSPS) is 25.0. The van der Waals surface area contributed by atoms with Gasteiger partial charge in [0.25, 0.3) is 0 Å². The molecule has 0 aliphatic carbocycles. The largest absolute Gasteiger partial charge is 0.496 e. The predicted octanol–water partition coefficient (Wildman–Crippen LogP) is 4.69. The summed E-state index contributed by atoms with van der Waals surface area (Å²) in [7, 11) is 1.76. The lowest BCUT2D eigenvalue weighted by Crippen LogP contribution is -2.50. The van der Waals surface area contributed by atoms with Crippen LogP contribution in [-0.2, 0) is 6.54 Å². The molecule has 1 N–H and O–H groups in total. The van der Waals surface area contributed by atoms with Gasteiger partial charge < -0.3 is 10.1 Å². The van der Waals surface area contributed by atoms with Crippen LogP contribution in [-0.4, -0.2) is 37.2 Å².